The van der Waals surface area contributed by atoms with Gasteiger partial charge in [-0.1, -0.05) is 39.8 Å². The van der Waals surface area contributed by atoms with E-state index in [4.69, 9.17) is 10.6 Å². The highest BCUT2D eigenvalue weighted by Crippen LogP contribution is 2.43. The number of benzene rings is 1. The zero-order valence-electron chi connectivity index (χ0n) is 20.5. The number of rotatable bonds is 11. The number of aliphatic hydroxyl groups is 1. The number of halogens is 2. The van der Waals surface area contributed by atoms with E-state index in [-0.39, 0.29) is 18.2 Å². The smallest absolute Gasteiger partial charge is 0.132 e. The molecule has 0 saturated heterocycles. The summed E-state index contributed by atoms with van der Waals surface area (Å²) in [5, 5.41) is 11.7. The number of hydrogen-bond acceptors (Lipinski definition) is 5. The van der Waals surface area contributed by atoms with Crippen LogP contribution in [0.25, 0.3) is 0 Å². The number of hydrogen-bond donors (Lipinski definition) is 3. The molecular formula is C25H38F2N4O2. The highest BCUT2D eigenvalue weighted by Gasteiger charge is 2.48. The van der Waals surface area contributed by atoms with Crippen molar-refractivity contribution in [1.29, 1.82) is 0 Å². The van der Waals surface area contributed by atoms with Crippen molar-refractivity contribution in [3.8, 4) is 0 Å². The number of aliphatic imine (C=N–C) groups is 1. The van der Waals surface area contributed by atoms with E-state index in [1.54, 1.807) is 20.0 Å². The Morgan fingerprint density at radius 3 is 2.45 bits per heavy atom. The van der Waals surface area contributed by atoms with E-state index in [1.807, 2.05) is 39.8 Å². The number of aryl methyl sites for hydroxylation is 1. The maximum Gasteiger partial charge on any atom is 0.132 e. The van der Waals surface area contributed by atoms with Crippen LogP contribution in [0.4, 0.5) is 8.78 Å². The van der Waals surface area contributed by atoms with Crippen LogP contribution in [0.15, 0.2) is 41.5 Å². The zero-order chi connectivity index (χ0) is 25.1. The maximum absolute atomic E-state index is 14.7. The molecule has 0 fully saturated rings. The molecule has 1 aromatic heterocycles. The van der Waals surface area contributed by atoms with Gasteiger partial charge in [0, 0.05) is 35.5 Å². The Kier molecular flexibility index (Phi) is 11.6. The monoisotopic (exact) mass is 464 g/mol. The van der Waals surface area contributed by atoms with Crippen LogP contribution in [0, 0.1) is 11.6 Å². The van der Waals surface area contributed by atoms with Crippen molar-refractivity contribution in [1.82, 2.24) is 10.4 Å². The Labute approximate surface area is 196 Å². The molecular weight excluding hydrogens is 426 g/mol. The highest BCUT2D eigenvalue weighted by molar-refractivity contribution is 5.53. The van der Waals surface area contributed by atoms with Gasteiger partial charge in [0.1, 0.15) is 17.2 Å². The highest BCUT2D eigenvalue weighted by atomic mass is 19.1. The van der Waals surface area contributed by atoms with Gasteiger partial charge < -0.3 is 15.3 Å². The number of nitrogens with zero attached hydrogens (tertiary/aromatic N) is 2. The zero-order valence-corrected chi connectivity index (χ0v) is 20.5. The first kappa shape index (κ1) is 28.6. The predicted octanol–water partition coefficient (Wildman–Crippen LogP) is 4.40. The Hall–Kier alpha value is -2.42. The van der Waals surface area contributed by atoms with Crippen LogP contribution in [-0.2, 0) is 22.2 Å². The number of pyridine rings is 1. The molecule has 33 heavy (non-hydrogen) atoms. The second kappa shape index (κ2) is 13.3. The molecule has 6 nitrogen and oxygen atoms in total. The minimum Gasteiger partial charge on any atom is -0.382 e. The number of ether oxygens (including phenoxy) is 1. The van der Waals surface area contributed by atoms with Crippen molar-refractivity contribution >= 4 is 6.34 Å². The fraction of sp³-hybridized carbons (Fsp3) is 0.520. The molecule has 0 bridgehead atoms. The van der Waals surface area contributed by atoms with E-state index in [0.29, 0.717) is 12.3 Å². The van der Waals surface area contributed by atoms with E-state index in [9.17, 15) is 13.9 Å². The van der Waals surface area contributed by atoms with Crippen LogP contribution >= 0.6 is 0 Å². The lowest BCUT2D eigenvalue weighted by Gasteiger charge is -2.42. The SMILES string of the molecule is CC.CC(C)OCCCc1ccc(C(C)(C)C(O)(CN=CNN)c2ccc(F)cc2F)nc1. The topological polar surface area (TPSA) is 92.8 Å². The van der Waals surface area contributed by atoms with E-state index in [2.05, 4.69) is 15.4 Å². The standard InChI is InChI=1S/C23H32F2N4O2.C2H6/c1-16(2)31-11-5-6-17-7-10-21(28-13-17)22(3,4)23(30,14-27-15-29-26)19-9-8-18(24)12-20(19)25;1-2/h7-10,12-13,15-16,30H,5-6,11,14,26H2,1-4H3,(H,27,29);1-2H3. The van der Waals surface area contributed by atoms with E-state index < -0.39 is 22.7 Å². The molecule has 8 heteroatoms. The lowest BCUT2D eigenvalue weighted by molar-refractivity contribution is -0.0274. The molecule has 0 aliphatic rings. The van der Waals surface area contributed by atoms with E-state index in [0.717, 1.165) is 30.5 Å². The van der Waals surface area contributed by atoms with Gasteiger partial charge in [0.05, 0.1) is 19.0 Å². The number of hydrazine groups is 1. The number of nitrogens with two attached hydrogens (primary N) is 1. The molecule has 0 saturated carbocycles. The molecule has 1 unspecified atom stereocenters. The Morgan fingerprint density at radius 1 is 1.21 bits per heavy atom. The largest absolute Gasteiger partial charge is 0.382 e. The molecule has 0 aliphatic heterocycles. The molecule has 2 rings (SSSR count). The Morgan fingerprint density at radius 2 is 1.91 bits per heavy atom. The molecule has 0 radical (unpaired) electrons. The molecule has 1 heterocycles. The lowest BCUT2D eigenvalue weighted by atomic mass is 9.68. The Bertz CT molecular complexity index is 873. The summed E-state index contributed by atoms with van der Waals surface area (Å²) in [4.78, 5) is 8.60. The van der Waals surface area contributed by atoms with Crippen molar-refractivity contribution in [2.75, 3.05) is 13.2 Å². The van der Waals surface area contributed by atoms with Crippen molar-refractivity contribution in [2.24, 2.45) is 10.8 Å². The fourth-order valence-electron chi connectivity index (χ4n) is 3.42. The first-order chi connectivity index (χ1) is 15.6. The van der Waals surface area contributed by atoms with Gasteiger partial charge in [-0.15, -0.1) is 0 Å². The second-order valence-corrected chi connectivity index (χ2v) is 8.32. The number of aromatic nitrogens is 1. The van der Waals surface area contributed by atoms with Gasteiger partial charge in [0.25, 0.3) is 0 Å². The van der Waals surface area contributed by atoms with Gasteiger partial charge >= 0.3 is 0 Å². The summed E-state index contributed by atoms with van der Waals surface area (Å²) in [5.41, 5.74) is 0.920. The van der Waals surface area contributed by atoms with Crippen LogP contribution in [0.3, 0.4) is 0 Å². The van der Waals surface area contributed by atoms with Crippen LogP contribution in [0.2, 0.25) is 0 Å². The summed E-state index contributed by atoms with van der Waals surface area (Å²) in [5.74, 6) is 3.65. The van der Waals surface area contributed by atoms with Crippen LogP contribution < -0.4 is 11.3 Å². The summed E-state index contributed by atoms with van der Waals surface area (Å²) in [6, 6.07) is 6.85. The van der Waals surface area contributed by atoms with Crippen molar-refractivity contribution in [3.05, 3.63) is 65.0 Å². The summed E-state index contributed by atoms with van der Waals surface area (Å²) < 4.78 is 33.7. The lowest BCUT2D eigenvalue weighted by Crippen LogP contribution is -2.49. The van der Waals surface area contributed by atoms with E-state index in [1.165, 1.54) is 12.4 Å². The molecule has 1 atom stereocenters. The predicted molar refractivity (Wildman–Crippen MR) is 129 cm³/mol. The van der Waals surface area contributed by atoms with Crippen LogP contribution in [0.1, 0.15) is 64.8 Å². The normalized spacial score (nSPS) is 13.5. The minimum atomic E-state index is -1.81. The number of nitrogens with one attached hydrogen (secondary N) is 1. The third kappa shape index (κ3) is 7.55. The molecule has 0 spiro atoms. The average molecular weight is 465 g/mol. The summed E-state index contributed by atoms with van der Waals surface area (Å²) in [7, 11) is 0. The molecule has 0 aliphatic carbocycles. The summed E-state index contributed by atoms with van der Waals surface area (Å²) in [6.07, 6.45) is 4.83. The van der Waals surface area contributed by atoms with Crippen molar-refractivity contribution in [3.63, 3.8) is 0 Å². The average Bonchev–Trinajstić information content (AvgIpc) is 2.78. The first-order valence-electron chi connectivity index (χ1n) is 11.3. The van der Waals surface area contributed by atoms with Crippen LogP contribution in [0.5, 0.6) is 0 Å². The quantitative estimate of drug-likeness (QED) is 0.151. The van der Waals surface area contributed by atoms with Crippen molar-refractivity contribution < 1.29 is 18.6 Å². The van der Waals surface area contributed by atoms with Crippen LogP contribution in [-0.4, -0.2) is 35.7 Å². The summed E-state index contributed by atoms with van der Waals surface area (Å²) in [6.45, 7) is 12.0. The maximum atomic E-state index is 14.7. The molecule has 1 aromatic carbocycles. The van der Waals surface area contributed by atoms with Gasteiger partial charge in [-0.2, -0.15) is 0 Å². The summed E-state index contributed by atoms with van der Waals surface area (Å²) >= 11 is 0. The van der Waals surface area contributed by atoms with E-state index >= 15 is 0 Å². The van der Waals surface area contributed by atoms with Crippen molar-refractivity contribution in [2.45, 2.75) is 71.5 Å². The van der Waals surface area contributed by atoms with Gasteiger partial charge in [0.2, 0.25) is 0 Å². The van der Waals surface area contributed by atoms with Gasteiger partial charge in [-0.05, 0) is 44.4 Å². The fourth-order valence-corrected chi connectivity index (χ4v) is 3.42. The Balaban J connectivity index is 0.00000265. The van der Waals surface area contributed by atoms with Gasteiger partial charge in [-0.25, -0.2) is 14.6 Å². The molecule has 0 amide bonds. The third-order valence-corrected chi connectivity index (χ3v) is 5.42. The molecule has 4 N–H and O–H groups in total. The van der Waals surface area contributed by atoms with Gasteiger partial charge in [0.15, 0.2) is 0 Å². The second-order valence-electron chi connectivity index (χ2n) is 8.32. The third-order valence-electron chi connectivity index (χ3n) is 5.42. The molecule has 2 aromatic rings. The van der Waals surface area contributed by atoms with Gasteiger partial charge in [-0.3, -0.25) is 9.98 Å². The minimum absolute atomic E-state index is 0.0650. The first-order valence-corrected chi connectivity index (χ1v) is 11.3. The molecule has 184 valence electrons.